The molecule has 1 amide bonds. The molecule has 3 rings (SSSR count). The number of alkyl halides is 2. The highest BCUT2D eigenvalue weighted by Crippen LogP contribution is 2.23. The summed E-state index contributed by atoms with van der Waals surface area (Å²) in [5.74, 6) is -0.148. The fraction of sp³-hybridized carbons (Fsp3) is 0.263. The number of fused-ring (bicyclic) bond motifs is 1. The SMILES string of the molecule is CC(C(=O)Nc1ccc(OC(F)F)cc1)N(C)Cc1nc2ccccc2s1. The number of aromatic nitrogens is 1. The van der Waals surface area contributed by atoms with E-state index in [0.717, 1.165) is 15.2 Å². The Bertz CT molecular complexity index is 882. The number of nitrogens with one attached hydrogen (secondary N) is 1. The van der Waals surface area contributed by atoms with E-state index in [-0.39, 0.29) is 11.7 Å². The maximum absolute atomic E-state index is 12.5. The van der Waals surface area contributed by atoms with E-state index in [2.05, 4.69) is 15.0 Å². The van der Waals surface area contributed by atoms with Gasteiger partial charge in [0.05, 0.1) is 22.8 Å². The average molecular weight is 391 g/mol. The van der Waals surface area contributed by atoms with Crippen LogP contribution in [0, 0.1) is 0 Å². The topological polar surface area (TPSA) is 54.5 Å². The second kappa shape index (κ2) is 8.41. The maximum Gasteiger partial charge on any atom is 0.387 e. The Morgan fingerprint density at radius 2 is 1.93 bits per heavy atom. The molecule has 1 unspecified atom stereocenters. The quantitative estimate of drug-likeness (QED) is 0.650. The molecule has 2 aromatic carbocycles. The number of amides is 1. The zero-order valence-corrected chi connectivity index (χ0v) is 15.7. The van der Waals surface area contributed by atoms with Crippen LogP contribution >= 0.6 is 11.3 Å². The number of carbonyl (C=O) groups is 1. The maximum atomic E-state index is 12.5. The van der Waals surface area contributed by atoms with Gasteiger partial charge in [-0.05, 0) is 50.4 Å². The first-order chi connectivity index (χ1) is 12.9. The van der Waals surface area contributed by atoms with Crippen molar-refractivity contribution in [3.8, 4) is 5.75 Å². The number of nitrogens with zero attached hydrogens (tertiary/aromatic N) is 2. The lowest BCUT2D eigenvalue weighted by atomic mass is 10.2. The highest BCUT2D eigenvalue weighted by molar-refractivity contribution is 7.18. The molecule has 0 fully saturated rings. The zero-order valence-electron chi connectivity index (χ0n) is 14.9. The summed E-state index contributed by atoms with van der Waals surface area (Å²) in [6.07, 6.45) is 0. The van der Waals surface area contributed by atoms with E-state index in [1.165, 1.54) is 24.3 Å². The highest BCUT2D eigenvalue weighted by atomic mass is 32.1. The monoisotopic (exact) mass is 391 g/mol. The molecular weight excluding hydrogens is 372 g/mol. The molecule has 0 spiro atoms. The van der Waals surface area contributed by atoms with Crippen molar-refractivity contribution in [2.24, 2.45) is 0 Å². The Hall–Kier alpha value is -2.58. The Morgan fingerprint density at radius 1 is 1.22 bits per heavy atom. The number of halogens is 2. The minimum absolute atomic E-state index is 0.0454. The normalized spacial score (nSPS) is 12.5. The molecule has 0 aliphatic rings. The van der Waals surface area contributed by atoms with Gasteiger partial charge >= 0.3 is 6.61 Å². The summed E-state index contributed by atoms with van der Waals surface area (Å²) in [5, 5.41) is 3.71. The summed E-state index contributed by atoms with van der Waals surface area (Å²) in [7, 11) is 1.86. The number of hydrogen-bond acceptors (Lipinski definition) is 5. The van der Waals surface area contributed by atoms with E-state index in [4.69, 9.17) is 0 Å². The van der Waals surface area contributed by atoms with Crippen LogP contribution in [0.3, 0.4) is 0 Å². The second-order valence-corrected chi connectivity index (χ2v) is 7.17. The van der Waals surface area contributed by atoms with Crippen LogP contribution in [0.25, 0.3) is 10.2 Å². The van der Waals surface area contributed by atoms with Crippen molar-refractivity contribution in [1.29, 1.82) is 0 Å². The number of benzene rings is 2. The van der Waals surface area contributed by atoms with Gasteiger partial charge in [0, 0.05) is 5.69 Å². The van der Waals surface area contributed by atoms with Crippen molar-refractivity contribution in [3.63, 3.8) is 0 Å². The zero-order chi connectivity index (χ0) is 19.4. The second-order valence-electron chi connectivity index (χ2n) is 6.06. The van der Waals surface area contributed by atoms with Crippen LogP contribution in [-0.2, 0) is 11.3 Å². The van der Waals surface area contributed by atoms with E-state index in [1.807, 2.05) is 36.2 Å². The van der Waals surface area contributed by atoms with Crippen molar-refractivity contribution in [2.75, 3.05) is 12.4 Å². The first-order valence-electron chi connectivity index (χ1n) is 8.33. The van der Waals surface area contributed by atoms with Crippen LogP contribution in [0.4, 0.5) is 14.5 Å². The van der Waals surface area contributed by atoms with Crippen LogP contribution < -0.4 is 10.1 Å². The lowest BCUT2D eigenvalue weighted by molar-refractivity contribution is -0.120. The van der Waals surface area contributed by atoms with Crippen LogP contribution in [0.15, 0.2) is 48.5 Å². The van der Waals surface area contributed by atoms with E-state index < -0.39 is 12.7 Å². The number of rotatable bonds is 7. The van der Waals surface area contributed by atoms with Gasteiger partial charge in [0.15, 0.2) is 0 Å². The predicted molar refractivity (Wildman–Crippen MR) is 102 cm³/mol. The summed E-state index contributed by atoms with van der Waals surface area (Å²) in [4.78, 5) is 18.9. The van der Waals surface area contributed by atoms with Gasteiger partial charge in [-0.1, -0.05) is 12.1 Å². The van der Waals surface area contributed by atoms with Gasteiger partial charge in [0.25, 0.3) is 0 Å². The van der Waals surface area contributed by atoms with Gasteiger partial charge in [0.1, 0.15) is 10.8 Å². The van der Waals surface area contributed by atoms with Gasteiger partial charge in [-0.25, -0.2) is 4.98 Å². The van der Waals surface area contributed by atoms with Gasteiger partial charge in [0.2, 0.25) is 5.91 Å². The van der Waals surface area contributed by atoms with E-state index in [0.29, 0.717) is 12.2 Å². The smallest absolute Gasteiger partial charge is 0.387 e. The largest absolute Gasteiger partial charge is 0.435 e. The van der Waals surface area contributed by atoms with Crippen LogP contribution in [0.2, 0.25) is 0 Å². The lowest BCUT2D eigenvalue weighted by Crippen LogP contribution is -2.39. The fourth-order valence-electron chi connectivity index (χ4n) is 2.50. The molecular formula is C19H19F2N3O2S. The Labute approximate surface area is 159 Å². The molecule has 0 bridgehead atoms. The number of carbonyl (C=O) groups excluding carboxylic acids is 1. The van der Waals surface area contributed by atoms with Crippen molar-refractivity contribution < 1.29 is 18.3 Å². The van der Waals surface area contributed by atoms with Gasteiger partial charge in [-0.3, -0.25) is 9.69 Å². The first kappa shape index (κ1) is 19.2. The Kier molecular flexibility index (Phi) is 5.98. The van der Waals surface area contributed by atoms with Crippen molar-refractivity contribution in [2.45, 2.75) is 26.1 Å². The van der Waals surface area contributed by atoms with Gasteiger partial charge < -0.3 is 10.1 Å². The molecule has 27 heavy (non-hydrogen) atoms. The third kappa shape index (κ3) is 4.99. The molecule has 0 saturated heterocycles. The van der Waals surface area contributed by atoms with Crippen LogP contribution in [0.1, 0.15) is 11.9 Å². The van der Waals surface area contributed by atoms with E-state index in [1.54, 1.807) is 18.3 Å². The Balaban J connectivity index is 1.58. The number of thiazole rings is 1. The number of anilines is 1. The summed E-state index contributed by atoms with van der Waals surface area (Å²) in [5.41, 5.74) is 1.47. The summed E-state index contributed by atoms with van der Waals surface area (Å²) in [6, 6.07) is 13.3. The van der Waals surface area contributed by atoms with E-state index >= 15 is 0 Å². The van der Waals surface area contributed by atoms with E-state index in [9.17, 15) is 13.6 Å². The highest BCUT2D eigenvalue weighted by Gasteiger charge is 2.19. The minimum Gasteiger partial charge on any atom is -0.435 e. The molecule has 142 valence electrons. The molecule has 5 nitrogen and oxygen atoms in total. The number of likely N-dealkylation sites (N-methyl/N-ethyl adjacent to an activating group) is 1. The third-order valence-electron chi connectivity index (χ3n) is 4.11. The van der Waals surface area contributed by atoms with Gasteiger partial charge in [-0.2, -0.15) is 8.78 Å². The van der Waals surface area contributed by atoms with Crippen LogP contribution in [0.5, 0.6) is 5.75 Å². The number of para-hydroxylation sites is 1. The fourth-order valence-corrected chi connectivity index (χ4v) is 3.54. The molecule has 0 aliphatic heterocycles. The third-order valence-corrected chi connectivity index (χ3v) is 5.13. The Morgan fingerprint density at radius 3 is 2.59 bits per heavy atom. The molecule has 0 radical (unpaired) electrons. The molecule has 1 N–H and O–H groups in total. The standard InChI is InChI=1S/C19H19F2N3O2S/c1-12(18(25)22-13-7-9-14(10-8-13)26-19(20)21)24(2)11-17-23-15-5-3-4-6-16(15)27-17/h3-10,12,19H,11H2,1-2H3,(H,22,25). The average Bonchev–Trinajstić information content (AvgIpc) is 3.04. The molecule has 1 aromatic heterocycles. The van der Waals surface area contributed by atoms with Crippen molar-refractivity contribution in [1.82, 2.24) is 9.88 Å². The molecule has 1 heterocycles. The molecule has 0 aliphatic carbocycles. The van der Waals surface area contributed by atoms with Gasteiger partial charge in [-0.15, -0.1) is 11.3 Å². The predicted octanol–water partition coefficient (Wildman–Crippen LogP) is 4.36. The van der Waals surface area contributed by atoms with Crippen molar-refractivity contribution in [3.05, 3.63) is 53.5 Å². The number of hydrogen-bond donors (Lipinski definition) is 1. The molecule has 8 heteroatoms. The van der Waals surface area contributed by atoms with Crippen molar-refractivity contribution >= 4 is 33.1 Å². The first-order valence-corrected chi connectivity index (χ1v) is 9.14. The number of ether oxygens (including phenoxy) is 1. The molecule has 1 atom stereocenters. The minimum atomic E-state index is -2.87. The van der Waals surface area contributed by atoms with Crippen LogP contribution in [-0.4, -0.2) is 35.5 Å². The summed E-state index contributed by atoms with van der Waals surface area (Å²) >= 11 is 1.61. The summed E-state index contributed by atoms with van der Waals surface area (Å²) in [6.45, 7) is -0.520. The summed E-state index contributed by atoms with van der Waals surface area (Å²) < 4.78 is 29.7. The molecule has 0 saturated carbocycles. The molecule has 3 aromatic rings. The lowest BCUT2D eigenvalue weighted by Gasteiger charge is -2.22.